The quantitative estimate of drug-likeness (QED) is 0.152. The van der Waals surface area contributed by atoms with Crippen LogP contribution in [0.4, 0.5) is 0 Å². The Hall–Kier alpha value is -3.39. The Bertz CT molecular complexity index is 1910. The number of aromatic nitrogens is 1. The van der Waals surface area contributed by atoms with Crippen molar-refractivity contribution in [2.45, 2.75) is 93.4 Å². The van der Waals surface area contributed by atoms with Gasteiger partial charge in [0.15, 0.2) is 6.20 Å². The van der Waals surface area contributed by atoms with Gasteiger partial charge < -0.3 is 4.74 Å². The lowest BCUT2D eigenvalue weighted by Gasteiger charge is -2.29. The number of hydrogen-bond acceptors (Lipinski definition) is 1. The fourth-order valence-electron chi connectivity index (χ4n) is 8.11. The predicted octanol–water partition coefficient (Wildman–Crippen LogP) is 11.0. The summed E-state index contributed by atoms with van der Waals surface area (Å²) in [6.07, 6.45) is 10.9. The third-order valence-corrected chi connectivity index (χ3v) is 9.90. The summed E-state index contributed by atoms with van der Waals surface area (Å²) in [5.74, 6) is 2.88. The van der Waals surface area contributed by atoms with Crippen molar-refractivity contribution in [3.63, 3.8) is 0 Å². The minimum Gasteiger partial charge on any atom is -0.455 e. The van der Waals surface area contributed by atoms with Crippen LogP contribution in [0.2, 0.25) is 0 Å². The molecule has 43 heavy (non-hydrogen) atoms. The maximum absolute atomic E-state index is 7.20. The van der Waals surface area contributed by atoms with Crippen LogP contribution in [0.5, 0.6) is 11.5 Å². The van der Waals surface area contributed by atoms with Crippen molar-refractivity contribution in [3.05, 3.63) is 77.0 Å². The summed E-state index contributed by atoms with van der Waals surface area (Å²) < 4.78 is 9.53. The summed E-state index contributed by atoms with van der Waals surface area (Å²) in [6.45, 7) is 16.3. The average Bonchev–Trinajstić information content (AvgIpc) is 3.44. The summed E-state index contributed by atoms with van der Waals surface area (Å²) in [5.41, 5.74) is 8.45. The molecule has 2 heteroatoms. The Labute approximate surface area is 258 Å². The number of nitrogens with zero attached hydrogens (tertiary/aromatic N) is 1. The van der Waals surface area contributed by atoms with Gasteiger partial charge in [-0.15, -0.1) is 0 Å². The molecular formula is C41H48NO+. The zero-order valence-corrected chi connectivity index (χ0v) is 27.6. The van der Waals surface area contributed by atoms with E-state index in [4.69, 9.17) is 4.74 Å². The van der Waals surface area contributed by atoms with E-state index in [-0.39, 0.29) is 10.8 Å². The van der Waals surface area contributed by atoms with E-state index < -0.39 is 0 Å². The van der Waals surface area contributed by atoms with Gasteiger partial charge in [0.2, 0.25) is 5.69 Å². The zero-order chi connectivity index (χ0) is 30.3. The van der Waals surface area contributed by atoms with E-state index in [2.05, 4.69) is 115 Å². The molecule has 0 unspecified atom stereocenters. The summed E-state index contributed by atoms with van der Waals surface area (Å²) in [5, 5.41) is 7.97. The summed E-state index contributed by atoms with van der Waals surface area (Å²) >= 11 is 0. The lowest BCUT2D eigenvalue weighted by Crippen LogP contribution is -2.32. The molecule has 2 heterocycles. The molecular weight excluding hydrogens is 522 g/mol. The molecule has 1 aromatic heterocycles. The maximum atomic E-state index is 7.20. The van der Waals surface area contributed by atoms with Gasteiger partial charge in [0, 0.05) is 17.0 Å². The molecule has 1 fully saturated rings. The van der Waals surface area contributed by atoms with Crippen LogP contribution >= 0.6 is 0 Å². The summed E-state index contributed by atoms with van der Waals surface area (Å²) in [6, 6.07) is 18.8. The normalized spacial score (nSPS) is 15.4. The molecule has 0 saturated heterocycles. The van der Waals surface area contributed by atoms with Gasteiger partial charge in [-0.2, -0.15) is 0 Å². The van der Waals surface area contributed by atoms with Crippen molar-refractivity contribution in [2.75, 3.05) is 0 Å². The first-order valence-corrected chi connectivity index (χ1v) is 16.5. The first-order chi connectivity index (χ1) is 20.4. The highest BCUT2D eigenvalue weighted by molar-refractivity contribution is 6.16. The second kappa shape index (κ2) is 10.1. The Morgan fingerprint density at radius 1 is 0.791 bits per heavy atom. The van der Waals surface area contributed by atoms with Crippen LogP contribution in [-0.4, -0.2) is 0 Å². The maximum Gasteiger partial charge on any atom is 0.228 e. The van der Waals surface area contributed by atoms with Gasteiger partial charge >= 0.3 is 0 Å². The minimum atomic E-state index is 0.121. The van der Waals surface area contributed by atoms with E-state index in [1.165, 1.54) is 97.9 Å². The highest BCUT2D eigenvalue weighted by Crippen LogP contribution is 2.53. The Morgan fingerprint density at radius 2 is 1.53 bits per heavy atom. The monoisotopic (exact) mass is 570 g/mol. The molecule has 0 atom stereocenters. The first kappa shape index (κ1) is 28.4. The van der Waals surface area contributed by atoms with Crippen LogP contribution < -0.4 is 9.30 Å². The Morgan fingerprint density at radius 3 is 2.26 bits per heavy atom. The number of pyridine rings is 1. The van der Waals surface area contributed by atoms with E-state index in [0.29, 0.717) is 0 Å². The number of rotatable bonds is 4. The van der Waals surface area contributed by atoms with Crippen LogP contribution in [0, 0.1) is 23.7 Å². The Kier molecular flexibility index (Phi) is 6.65. The van der Waals surface area contributed by atoms with Gasteiger partial charge in [0.05, 0.1) is 10.9 Å². The molecule has 7 rings (SSSR count). The second-order valence-corrected chi connectivity index (χ2v) is 16.1. The lowest BCUT2D eigenvalue weighted by molar-refractivity contribution is -0.659. The number of ether oxygens (including phenoxy) is 1. The topological polar surface area (TPSA) is 13.1 Å². The third-order valence-electron chi connectivity index (χ3n) is 9.90. The number of fused-ring (bicyclic) bond motifs is 5. The summed E-state index contributed by atoms with van der Waals surface area (Å²) in [4.78, 5) is 0. The fraction of sp³-hybridized carbons (Fsp3) is 0.439. The smallest absolute Gasteiger partial charge is 0.228 e. The zero-order valence-electron chi connectivity index (χ0n) is 27.6. The second-order valence-electron chi connectivity index (χ2n) is 16.1. The fourth-order valence-corrected chi connectivity index (χ4v) is 8.11. The molecule has 0 spiro atoms. The Balaban J connectivity index is 1.53. The number of aryl methyl sites for hydroxylation is 2. The summed E-state index contributed by atoms with van der Waals surface area (Å²) in [7, 11) is 2.21. The number of hydrogen-bond donors (Lipinski definition) is 0. The van der Waals surface area contributed by atoms with Gasteiger partial charge in [0.1, 0.15) is 18.5 Å². The molecule has 2 aliphatic rings. The largest absolute Gasteiger partial charge is 0.455 e. The van der Waals surface area contributed by atoms with Gasteiger partial charge in [-0.05, 0) is 87.2 Å². The van der Waals surface area contributed by atoms with Gasteiger partial charge in [-0.3, -0.25) is 0 Å². The lowest BCUT2D eigenvalue weighted by atomic mass is 9.80. The first-order valence-electron chi connectivity index (χ1n) is 16.5. The van der Waals surface area contributed by atoms with Crippen molar-refractivity contribution < 1.29 is 9.30 Å². The van der Waals surface area contributed by atoms with Crippen molar-refractivity contribution >= 4 is 32.3 Å². The van der Waals surface area contributed by atoms with E-state index in [1.807, 2.05) is 0 Å². The molecule has 4 aromatic carbocycles. The molecule has 0 bridgehead atoms. The minimum absolute atomic E-state index is 0.121. The van der Waals surface area contributed by atoms with Crippen molar-refractivity contribution in [2.24, 2.45) is 23.8 Å². The highest BCUT2D eigenvalue weighted by Gasteiger charge is 2.35. The van der Waals surface area contributed by atoms with Crippen molar-refractivity contribution in [1.82, 2.24) is 0 Å². The van der Waals surface area contributed by atoms with Crippen molar-refractivity contribution in [3.8, 4) is 22.8 Å². The van der Waals surface area contributed by atoms with Crippen LogP contribution in [0.1, 0.15) is 89.5 Å². The predicted molar refractivity (Wildman–Crippen MR) is 182 cm³/mol. The standard InChI is InChI=1S/C41H48NO/c1-25-32-21-27(23-40(2,3)4)16-17-30(32)34(24-41(5,6)7)39-36(25)38-37-31(18-19-42(38)8)29-15-11-14-28(20-26-12-9-10-13-26)33(29)22-35(37)43-39/h11,14-19,21-22,26H,9-10,12-13,20,23-24H2,1-8H3/q+1. The van der Waals surface area contributed by atoms with Crippen LogP contribution in [-0.2, 0) is 26.3 Å². The van der Waals surface area contributed by atoms with E-state index in [1.54, 1.807) is 0 Å². The SMILES string of the molecule is Cc1c2c(c(CC(C)(C)C)c3ccc(CC(C)(C)C)cc13)Oc1cc3c(CC4CCCC4)cccc3c3cc[n+](C)c-2c13. The third kappa shape index (κ3) is 5.01. The molecule has 1 saturated carbocycles. The molecule has 0 N–H and O–H groups in total. The van der Waals surface area contributed by atoms with Gasteiger partial charge in [-0.1, -0.05) is 104 Å². The van der Waals surface area contributed by atoms with Gasteiger partial charge in [0.25, 0.3) is 0 Å². The molecule has 222 valence electrons. The van der Waals surface area contributed by atoms with E-state index >= 15 is 0 Å². The van der Waals surface area contributed by atoms with Crippen LogP contribution in [0.3, 0.4) is 0 Å². The van der Waals surface area contributed by atoms with Gasteiger partial charge in [-0.25, -0.2) is 4.57 Å². The van der Waals surface area contributed by atoms with E-state index in [9.17, 15) is 0 Å². The molecule has 1 aliphatic heterocycles. The molecule has 1 aliphatic carbocycles. The average molecular weight is 571 g/mol. The molecule has 0 amide bonds. The van der Waals surface area contributed by atoms with Crippen LogP contribution in [0.25, 0.3) is 43.6 Å². The number of benzene rings is 4. The highest BCUT2D eigenvalue weighted by atomic mass is 16.5. The van der Waals surface area contributed by atoms with Crippen molar-refractivity contribution in [1.29, 1.82) is 0 Å². The molecule has 2 nitrogen and oxygen atoms in total. The molecule has 0 radical (unpaired) electrons. The van der Waals surface area contributed by atoms with Crippen LogP contribution in [0.15, 0.2) is 54.7 Å². The van der Waals surface area contributed by atoms with E-state index in [0.717, 1.165) is 30.3 Å². The molecule has 5 aromatic rings.